The van der Waals surface area contributed by atoms with Crippen LogP contribution < -0.4 is 5.32 Å². The van der Waals surface area contributed by atoms with Crippen molar-refractivity contribution in [2.75, 3.05) is 25.0 Å². The van der Waals surface area contributed by atoms with Gasteiger partial charge in [0.15, 0.2) is 0 Å². The smallest absolute Gasteiger partial charge is 0.0426 e. The maximum Gasteiger partial charge on any atom is 0.0426 e. The second-order valence-corrected chi connectivity index (χ2v) is 5.34. The van der Waals surface area contributed by atoms with Crippen LogP contribution >= 0.6 is 11.6 Å². The van der Waals surface area contributed by atoms with Gasteiger partial charge in [0.25, 0.3) is 0 Å². The van der Waals surface area contributed by atoms with Gasteiger partial charge in [-0.15, -0.1) is 0 Å². The lowest BCUT2D eigenvalue weighted by atomic mass is 9.94. The highest BCUT2D eigenvalue weighted by atomic mass is 35.5. The zero-order chi connectivity index (χ0) is 11.0. The molecule has 16 heavy (non-hydrogen) atoms. The van der Waals surface area contributed by atoms with E-state index in [1.165, 1.54) is 32.5 Å². The molecule has 2 nitrogen and oxygen atoms in total. The number of nitrogens with zero attached hydrogens (tertiary/aromatic N) is 1. The highest BCUT2D eigenvalue weighted by molar-refractivity contribution is 6.30. The number of benzene rings is 1. The Morgan fingerprint density at radius 3 is 3.00 bits per heavy atom. The number of hydrogen-bond donors (Lipinski definition) is 1. The van der Waals surface area contributed by atoms with Crippen LogP contribution in [0.2, 0.25) is 5.02 Å². The van der Waals surface area contributed by atoms with Crippen molar-refractivity contribution in [3.05, 3.63) is 29.3 Å². The van der Waals surface area contributed by atoms with E-state index >= 15 is 0 Å². The second-order valence-electron chi connectivity index (χ2n) is 4.90. The van der Waals surface area contributed by atoms with Crippen molar-refractivity contribution in [2.24, 2.45) is 5.92 Å². The second kappa shape index (κ2) is 4.27. The van der Waals surface area contributed by atoms with E-state index in [-0.39, 0.29) is 0 Å². The minimum absolute atomic E-state index is 0.636. The topological polar surface area (TPSA) is 15.3 Å². The molecular weight excluding hydrogens is 220 g/mol. The molecule has 2 aliphatic rings. The Kier molecular flexibility index (Phi) is 2.78. The van der Waals surface area contributed by atoms with Gasteiger partial charge in [-0.25, -0.2) is 0 Å². The molecule has 3 atom stereocenters. The molecule has 0 aromatic heterocycles. The molecule has 3 heteroatoms. The highest BCUT2D eigenvalue weighted by Gasteiger charge is 2.33. The SMILES string of the molecule is Clc1cccc(NC2CCN3CCC2C3)c1. The van der Waals surface area contributed by atoms with Gasteiger partial charge < -0.3 is 10.2 Å². The van der Waals surface area contributed by atoms with Gasteiger partial charge in [-0.05, 0) is 43.5 Å². The van der Waals surface area contributed by atoms with Crippen LogP contribution in [0.25, 0.3) is 0 Å². The quantitative estimate of drug-likeness (QED) is 0.850. The van der Waals surface area contributed by atoms with Crippen molar-refractivity contribution >= 4 is 17.3 Å². The Labute approximate surface area is 102 Å². The predicted molar refractivity (Wildman–Crippen MR) is 68.0 cm³/mol. The molecule has 0 aliphatic carbocycles. The van der Waals surface area contributed by atoms with Gasteiger partial charge in [-0.2, -0.15) is 0 Å². The first-order valence-electron chi connectivity index (χ1n) is 6.06. The normalized spacial score (nSPS) is 32.7. The third-order valence-electron chi connectivity index (χ3n) is 3.81. The molecule has 2 fully saturated rings. The summed E-state index contributed by atoms with van der Waals surface area (Å²) >= 11 is 5.99. The number of hydrogen-bond acceptors (Lipinski definition) is 2. The zero-order valence-electron chi connectivity index (χ0n) is 9.32. The van der Waals surface area contributed by atoms with Gasteiger partial charge in [-0.3, -0.25) is 0 Å². The summed E-state index contributed by atoms with van der Waals surface area (Å²) in [5.74, 6) is 0.827. The molecule has 1 aromatic carbocycles. The fourth-order valence-corrected chi connectivity index (χ4v) is 3.12. The standard InChI is InChI=1S/C13H17ClN2/c14-11-2-1-3-12(8-11)15-13-5-7-16-6-4-10(13)9-16/h1-3,8,10,13,15H,4-7,9H2. The van der Waals surface area contributed by atoms with Crippen LogP contribution in [0.1, 0.15) is 12.8 Å². The summed E-state index contributed by atoms with van der Waals surface area (Å²) in [4.78, 5) is 2.57. The Hall–Kier alpha value is -0.730. The number of nitrogens with one attached hydrogen (secondary N) is 1. The summed E-state index contributed by atoms with van der Waals surface area (Å²) in [6, 6.07) is 8.69. The summed E-state index contributed by atoms with van der Waals surface area (Å²) in [6.45, 7) is 3.81. The van der Waals surface area contributed by atoms with Gasteiger partial charge in [0, 0.05) is 29.8 Å². The number of anilines is 1. The van der Waals surface area contributed by atoms with Crippen molar-refractivity contribution in [1.82, 2.24) is 4.90 Å². The average Bonchev–Trinajstić information content (AvgIpc) is 2.66. The summed E-state index contributed by atoms with van der Waals surface area (Å²) in [6.07, 6.45) is 2.61. The summed E-state index contributed by atoms with van der Waals surface area (Å²) < 4.78 is 0. The van der Waals surface area contributed by atoms with E-state index in [9.17, 15) is 0 Å². The Morgan fingerprint density at radius 2 is 2.12 bits per heavy atom. The molecule has 0 radical (unpaired) electrons. The van der Waals surface area contributed by atoms with E-state index in [1.54, 1.807) is 0 Å². The van der Waals surface area contributed by atoms with E-state index in [0.717, 1.165) is 16.6 Å². The Morgan fingerprint density at radius 1 is 1.25 bits per heavy atom. The lowest BCUT2D eigenvalue weighted by molar-refractivity contribution is 0.255. The lowest BCUT2D eigenvalue weighted by Gasteiger charge is -2.31. The summed E-state index contributed by atoms with van der Waals surface area (Å²) in [5, 5.41) is 4.45. The molecule has 0 amide bonds. The van der Waals surface area contributed by atoms with Crippen molar-refractivity contribution in [3.8, 4) is 0 Å². The van der Waals surface area contributed by atoms with Gasteiger partial charge in [0.05, 0.1) is 0 Å². The van der Waals surface area contributed by atoms with E-state index in [0.29, 0.717) is 6.04 Å². The van der Waals surface area contributed by atoms with Crippen LogP contribution in [0.15, 0.2) is 24.3 Å². The van der Waals surface area contributed by atoms with Crippen LogP contribution in [0.5, 0.6) is 0 Å². The molecule has 1 N–H and O–H groups in total. The van der Waals surface area contributed by atoms with Gasteiger partial charge in [-0.1, -0.05) is 17.7 Å². The number of fused-ring (bicyclic) bond motifs is 2. The van der Waals surface area contributed by atoms with Crippen LogP contribution in [-0.2, 0) is 0 Å². The first-order valence-corrected chi connectivity index (χ1v) is 6.43. The molecule has 2 saturated heterocycles. The van der Waals surface area contributed by atoms with Crippen LogP contribution in [0.4, 0.5) is 5.69 Å². The van der Waals surface area contributed by atoms with Crippen LogP contribution in [0.3, 0.4) is 0 Å². The molecule has 86 valence electrons. The molecular formula is C13H17ClN2. The maximum absolute atomic E-state index is 5.99. The number of piperidine rings is 1. The molecule has 3 rings (SSSR count). The largest absolute Gasteiger partial charge is 0.382 e. The van der Waals surface area contributed by atoms with E-state index in [1.807, 2.05) is 18.2 Å². The van der Waals surface area contributed by atoms with Crippen molar-refractivity contribution in [3.63, 3.8) is 0 Å². The third-order valence-corrected chi connectivity index (χ3v) is 4.05. The first kappa shape index (κ1) is 10.4. The third kappa shape index (κ3) is 2.04. The molecule has 0 saturated carbocycles. The fourth-order valence-electron chi connectivity index (χ4n) is 2.93. The number of rotatable bonds is 2. The molecule has 1 aromatic rings. The predicted octanol–water partition coefficient (Wildman–Crippen LogP) is 2.85. The molecule has 2 bridgehead atoms. The van der Waals surface area contributed by atoms with Gasteiger partial charge >= 0.3 is 0 Å². The first-order chi connectivity index (χ1) is 7.81. The molecule has 3 unspecified atom stereocenters. The van der Waals surface area contributed by atoms with E-state index in [2.05, 4.69) is 16.3 Å². The summed E-state index contributed by atoms with van der Waals surface area (Å²) in [5.41, 5.74) is 1.16. The van der Waals surface area contributed by atoms with Crippen LogP contribution in [0, 0.1) is 5.92 Å². The lowest BCUT2D eigenvalue weighted by Crippen LogP contribution is -2.39. The zero-order valence-corrected chi connectivity index (χ0v) is 10.1. The van der Waals surface area contributed by atoms with E-state index < -0.39 is 0 Å². The van der Waals surface area contributed by atoms with Crippen LogP contribution in [-0.4, -0.2) is 30.6 Å². The maximum atomic E-state index is 5.99. The fraction of sp³-hybridized carbons (Fsp3) is 0.538. The van der Waals surface area contributed by atoms with Crippen molar-refractivity contribution < 1.29 is 0 Å². The van der Waals surface area contributed by atoms with E-state index in [4.69, 9.17) is 11.6 Å². The number of halogens is 1. The minimum atomic E-state index is 0.636. The minimum Gasteiger partial charge on any atom is -0.382 e. The average molecular weight is 237 g/mol. The van der Waals surface area contributed by atoms with Gasteiger partial charge in [0.2, 0.25) is 0 Å². The monoisotopic (exact) mass is 236 g/mol. The molecule has 2 aliphatic heterocycles. The highest BCUT2D eigenvalue weighted by Crippen LogP contribution is 2.29. The van der Waals surface area contributed by atoms with Gasteiger partial charge in [0.1, 0.15) is 0 Å². The molecule has 0 spiro atoms. The molecule has 2 heterocycles. The Bertz CT molecular complexity index is 380. The Balaban J connectivity index is 1.70. The summed E-state index contributed by atoms with van der Waals surface area (Å²) in [7, 11) is 0. The van der Waals surface area contributed by atoms with Crippen molar-refractivity contribution in [1.29, 1.82) is 0 Å². The van der Waals surface area contributed by atoms with Crippen molar-refractivity contribution in [2.45, 2.75) is 18.9 Å².